The van der Waals surface area contributed by atoms with E-state index in [1.165, 1.54) is 12.7 Å². The zero-order valence-electron chi connectivity index (χ0n) is 14.3. The number of aromatic nitrogens is 1. The molecule has 1 aliphatic rings. The van der Waals surface area contributed by atoms with Crippen LogP contribution in [0.5, 0.6) is 5.75 Å². The molecule has 0 aliphatic carbocycles. The number of carbonyl (C=O) groups is 1. The van der Waals surface area contributed by atoms with Crippen LogP contribution in [-0.2, 0) is 13.0 Å². The van der Waals surface area contributed by atoms with Gasteiger partial charge in [-0.25, -0.2) is 0 Å². The second-order valence-electron chi connectivity index (χ2n) is 6.45. The second-order valence-corrected chi connectivity index (χ2v) is 6.88. The number of carbonyl (C=O) groups excluding carboxylic acids is 1. The normalized spacial score (nSPS) is 16.6. The molecule has 26 heavy (non-hydrogen) atoms. The summed E-state index contributed by atoms with van der Waals surface area (Å²) in [6.07, 6.45) is 0.602. The van der Waals surface area contributed by atoms with Crippen molar-refractivity contribution in [1.82, 2.24) is 9.88 Å². The lowest BCUT2D eigenvalue weighted by Gasteiger charge is -2.35. The molecule has 134 valence electrons. The Hall–Kier alpha value is -2.50. The number of ether oxygens (including phenoxy) is 1. The molecule has 1 aromatic heterocycles. The van der Waals surface area contributed by atoms with E-state index in [1.807, 2.05) is 18.2 Å². The van der Waals surface area contributed by atoms with E-state index in [9.17, 15) is 9.90 Å². The number of nitrogens with zero attached hydrogens (tertiary/aromatic N) is 1. The van der Waals surface area contributed by atoms with Crippen LogP contribution in [0.25, 0.3) is 10.9 Å². The Morgan fingerprint density at radius 1 is 1.35 bits per heavy atom. The van der Waals surface area contributed by atoms with Crippen molar-refractivity contribution in [3.05, 3.63) is 64.3 Å². The second kappa shape index (κ2) is 6.67. The van der Waals surface area contributed by atoms with Crippen LogP contribution in [0.2, 0.25) is 5.02 Å². The first kappa shape index (κ1) is 16.9. The quantitative estimate of drug-likeness (QED) is 0.742. The molecule has 6 heteroatoms. The number of halogens is 1. The Morgan fingerprint density at radius 2 is 2.15 bits per heavy atom. The minimum absolute atomic E-state index is 0.104. The highest BCUT2D eigenvalue weighted by Crippen LogP contribution is 2.32. The summed E-state index contributed by atoms with van der Waals surface area (Å²) in [6.45, 7) is 0.303. The number of nitrogens with one attached hydrogen (secondary N) is 1. The Bertz CT molecular complexity index is 982. The highest BCUT2D eigenvalue weighted by atomic mass is 35.5. The zero-order valence-corrected chi connectivity index (χ0v) is 15.1. The first-order valence-electron chi connectivity index (χ1n) is 8.46. The lowest BCUT2D eigenvalue weighted by Crippen LogP contribution is -2.46. The van der Waals surface area contributed by atoms with Gasteiger partial charge in [-0.1, -0.05) is 29.8 Å². The fraction of sp³-hybridized carbons (Fsp3) is 0.250. The third-order valence-corrected chi connectivity index (χ3v) is 5.21. The van der Waals surface area contributed by atoms with Gasteiger partial charge in [0, 0.05) is 21.6 Å². The van der Waals surface area contributed by atoms with Crippen molar-refractivity contribution in [2.45, 2.75) is 19.0 Å². The summed E-state index contributed by atoms with van der Waals surface area (Å²) in [5, 5.41) is 11.5. The van der Waals surface area contributed by atoms with Gasteiger partial charge in [-0.15, -0.1) is 0 Å². The van der Waals surface area contributed by atoms with Gasteiger partial charge in [-0.3, -0.25) is 4.79 Å². The fourth-order valence-electron chi connectivity index (χ4n) is 3.67. The molecule has 0 fully saturated rings. The number of aromatic amines is 1. The number of aliphatic hydroxyl groups is 1. The van der Waals surface area contributed by atoms with Crippen LogP contribution in [-0.4, -0.2) is 40.7 Å². The number of para-hydroxylation sites is 1. The smallest absolute Gasteiger partial charge is 0.258 e. The molecule has 0 radical (unpaired) electrons. The Balaban J connectivity index is 1.75. The maximum atomic E-state index is 13.2. The molecule has 1 aliphatic heterocycles. The summed E-state index contributed by atoms with van der Waals surface area (Å²) in [5.74, 6) is 0.270. The zero-order chi connectivity index (χ0) is 18.3. The van der Waals surface area contributed by atoms with Gasteiger partial charge in [0.05, 0.1) is 31.9 Å². The van der Waals surface area contributed by atoms with Crippen molar-refractivity contribution >= 4 is 28.4 Å². The summed E-state index contributed by atoms with van der Waals surface area (Å²) in [7, 11) is 1.52. The highest BCUT2D eigenvalue weighted by molar-refractivity contribution is 6.31. The molecular formula is C20H19ClN2O3. The number of rotatable bonds is 3. The number of aliphatic hydroxyl groups excluding tert-OH is 1. The van der Waals surface area contributed by atoms with Crippen LogP contribution in [0.15, 0.2) is 42.5 Å². The molecule has 1 unspecified atom stereocenters. The number of hydrogen-bond donors (Lipinski definition) is 2. The van der Waals surface area contributed by atoms with Crippen LogP contribution in [0.3, 0.4) is 0 Å². The summed E-state index contributed by atoms with van der Waals surface area (Å²) in [5.41, 5.74) is 3.62. The average molecular weight is 371 g/mol. The van der Waals surface area contributed by atoms with Crippen molar-refractivity contribution < 1.29 is 14.6 Å². The monoisotopic (exact) mass is 370 g/mol. The van der Waals surface area contributed by atoms with Gasteiger partial charge in [0.2, 0.25) is 0 Å². The lowest BCUT2D eigenvalue weighted by molar-refractivity contribution is 0.0538. The molecule has 0 bridgehead atoms. The minimum atomic E-state index is -0.294. The van der Waals surface area contributed by atoms with Crippen LogP contribution in [0.1, 0.15) is 21.6 Å². The third-order valence-electron chi connectivity index (χ3n) is 4.97. The van der Waals surface area contributed by atoms with E-state index in [2.05, 4.69) is 11.1 Å². The van der Waals surface area contributed by atoms with Crippen molar-refractivity contribution in [1.29, 1.82) is 0 Å². The number of amides is 1. The first-order chi connectivity index (χ1) is 12.6. The van der Waals surface area contributed by atoms with Crippen LogP contribution in [0.4, 0.5) is 0 Å². The van der Waals surface area contributed by atoms with E-state index in [0.717, 1.165) is 16.6 Å². The van der Waals surface area contributed by atoms with Crippen LogP contribution < -0.4 is 4.74 Å². The number of benzene rings is 2. The summed E-state index contributed by atoms with van der Waals surface area (Å²) in [4.78, 5) is 18.3. The van der Waals surface area contributed by atoms with E-state index < -0.39 is 0 Å². The van der Waals surface area contributed by atoms with Crippen molar-refractivity contribution in [2.75, 3.05) is 13.7 Å². The first-order valence-corrected chi connectivity index (χ1v) is 8.84. The van der Waals surface area contributed by atoms with Crippen molar-refractivity contribution in [3.8, 4) is 5.75 Å². The predicted molar refractivity (Wildman–Crippen MR) is 101 cm³/mol. The molecule has 0 saturated carbocycles. The van der Waals surface area contributed by atoms with E-state index in [1.54, 1.807) is 23.1 Å². The molecular weight excluding hydrogens is 352 g/mol. The third kappa shape index (κ3) is 2.73. The maximum Gasteiger partial charge on any atom is 0.258 e. The average Bonchev–Trinajstić information content (AvgIpc) is 3.03. The molecule has 3 aromatic rings. The lowest BCUT2D eigenvalue weighted by atomic mass is 9.96. The SMILES string of the molecule is COc1ccc(Cl)cc1C(=O)N1Cc2[nH]c3ccccc3c2CC1CO. The Kier molecular flexibility index (Phi) is 4.34. The van der Waals surface area contributed by atoms with Crippen molar-refractivity contribution in [2.24, 2.45) is 0 Å². The standard InChI is InChI=1S/C20H19ClN2O3/c1-26-19-7-6-12(21)8-16(19)20(25)23-10-18-15(9-13(23)11-24)14-4-2-3-5-17(14)22-18/h2-8,13,22,24H,9-11H2,1H3. The molecule has 5 nitrogen and oxygen atoms in total. The van der Waals surface area contributed by atoms with Gasteiger partial charge in [-0.05, 0) is 36.2 Å². The fourth-order valence-corrected chi connectivity index (χ4v) is 3.84. The van der Waals surface area contributed by atoms with E-state index in [0.29, 0.717) is 29.3 Å². The molecule has 2 aromatic carbocycles. The van der Waals surface area contributed by atoms with E-state index in [4.69, 9.17) is 16.3 Å². The Morgan fingerprint density at radius 3 is 2.92 bits per heavy atom. The Labute approximate surface area is 156 Å². The topological polar surface area (TPSA) is 65.6 Å². The van der Waals surface area contributed by atoms with Crippen LogP contribution >= 0.6 is 11.6 Å². The molecule has 2 N–H and O–H groups in total. The van der Waals surface area contributed by atoms with E-state index >= 15 is 0 Å². The van der Waals surface area contributed by atoms with E-state index in [-0.39, 0.29) is 18.6 Å². The molecule has 4 rings (SSSR count). The van der Waals surface area contributed by atoms with Gasteiger partial charge in [0.1, 0.15) is 5.75 Å². The largest absolute Gasteiger partial charge is 0.496 e. The molecule has 1 amide bonds. The maximum absolute atomic E-state index is 13.2. The molecule has 1 atom stereocenters. The van der Waals surface area contributed by atoms with Gasteiger partial charge >= 0.3 is 0 Å². The summed E-state index contributed by atoms with van der Waals surface area (Å²) < 4.78 is 5.32. The number of fused-ring (bicyclic) bond motifs is 3. The molecule has 0 spiro atoms. The summed E-state index contributed by atoms with van der Waals surface area (Å²) >= 11 is 6.08. The van der Waals surface area contributed by atoms with Gasteiger partial charge < -0.3 is 19.7 Å². The van der Waals surface area contributed by atoms with Gasteiger partial charge in [0.25, 0.3) is 5.91 Å². The predicted octanol–water partition coefficient (Wildman–Crippen LogP) is 3.39. The van der Waals surface area contributed by atoms with Crippen LogP contribution in [0, 0.1) is 0 Å². The number of H-pyrrole nitrogens is 1. The number of hydrogen-bond acceptors (Lipinski definition) is 3. The van der Waals surface area contributed by atoms with Gasteiger partial charge in [-0.2, -0.15) is 0 Å². The minimum Gasteiger partial charge on any atom is -0.496 e. The summed E-state index contributed by atoms with van der Waals surface area (Å²) in [6, 6.07) is 12.8. The number of methoxy groups -OCH3 is 1. The molecule has 0 saturated heterocycles. The van der Waals surface area contributed by atoms with Gasteiger partial charge in [0.15, 0.2) is 0 Å². The highest BCUT2D eigenvalue weighted by Gasteiger charge is 2.33. The molecule has 2 heterocycles. The van der Waals surface area contributed by atoms with Crippen molar-refractivity contribution in [3.63, 3.8) is 0 Å².